The molecule has 18 heavy (non-hydrogen) atoms. The molecular weight excluding hydrogens is 244 g/mol. The zero-order chi connectivity index (χ0) is 13.3. The van der Waals surface area contributed by atoms with E-state index in [0.29, 0.717) is 18.4 Å². The molecule has 1 aliphatic rings. The summed E-state index contributed by atoms with van der Waals surface area (Å²) in [6.45, 7) is 6.70. The summed E-state index contributed by atoms with van der Waals surface area (Å²) >= 11 is 1.57. The molecule has 0 N–H and O–H groups in total. The van der Waals surface area contributed by atoms with Crippen molar-refractivity contribution in [2.24, 2.45) is 5.92 Å². The Labute approximate surface area is 113 Å². The van der Waals surface area contributed by atoms with Gasteiger partial charge in [0.1, 0.15) is 0 Å². The molecule has 1 heterocycles. The van der Waals surface area contributed by atoms with Gasteiger partial charge in [0.05, 0.1) is 10.6 Å². The quantitative estimate of drug-likeness (QED) is 0.836. The van der Waals surface area contributed by atoms with Gasteiger partial charge in [0.25, 0.3) is 0 Å². The molecule has 100 valence electrons. The van der Waals surface area contributed by atoms with Crippen molar-refractivity contribution in [3.05, 3.63) is 10.6 Å². The smallest absolute Gasteiger partial charge is 0.186 e. The minimum Gasteiger partial charge on any atom is -0.348 e. The van der Waals surface area contributed by atoms with Crippen molar-refractivity contribution in [2.75, 3.05) is 11.9 Å². The summed E-state index contributed by atoms with van der Waals surface area (Å²) in [6.07, 6.45) is 3.76. The first-order valence-electron chi connectivity index (χ1n) is 6.74. The van der Waals surface area contributed by atoms with Crippen molar-refractivity contribution in [1.29, 1.82) is 0 Å². The number of thiazole rings is 1. The highest BCUT2D eigenvalue weighted by molar-refractivity contribution is 7.17. The van der Waals surface area contributed by atoms with Crippen LogP contribution in [0.1, 0.15) is 55.4 Å². The zero-order valence-electron chi connectivity index (χ0n) is 11.7. The van der Waals surface area contributed by atoms with E-state index in [1.165, 1.54) is 0 Å². The molecule has 2 rings (SSSR count). The molecule has 1 aliphatic carbocycles. The third kappa shape index (κ3) is 2.74. The Morgan fingerprint density at radius 3 is 2.67 bits per heavy atom. The van der Waals surface area contributed by atoms with E-state index in [9.17, 15) is 4.79 Å². The van der Waals surface area contributed by atoms with Crippen LogP contribution in [0.4, 0.5) is 5.13 Å². The molecule has 4 heteroatoms. The van der Waals surface area contributed by atoms with Crippen molar-refractivity contribution < 1.29 is 4.79 Å². The Morgan fingerprint density at radius 1 is 1.33 bits per heavy atom. The van der Waals surface area contributed by atoms with E-state index in [1.54, 1.807) is 11.3 Å². The summed E-state index contributed by atoms with van der Waals surface area (Å²) in [7, 11) is 2.09. The first kappa shape index (κ1) is 13.5. The van der Waals surface area contributed by atoms with Gasteiger partial charge in [0, 0.05) is 19.5 Å². The fourth-order valence-corrected chi connectivity index (χ4v) is 3.58. The van der Waals surface area contributed by atoms with Crippen molar-refractivity contribution >= 4 is 22.3 Å². The summed E-state index contributed by atoms with van der Waals surface area (Å²) in [5.74, 6) is 0.962. The summed E-state index contributed by atoms with van der Waals surface area (Å²) in [4.78, 5) is 19.6. The van der Waals surface area contributed by atoms with Gasteiger partial charge in [-0.3, -0.25) is 4.79 Å². The Morgan fingerprint density at radius 2 is 2.06 bits per heavy atom. The lowest BCUT2D eigenvalue weighted by Crippen LogP contribution is -2.29. The SMILES string of the molecule is CC(C)CC(C)N(C)c1nc2c(s1)C(=O)CCC2. The lowest BCUT2D eigenvalue weighted by atomic mass is 10.0. The van der Waals surface area contributed by atoms with Gasteiger partial charge in [0.15, 0.2) is 10.9 Å². The van der Waals surface area contributed by atoms with E-state index in [4.69, 9.17) is 0 Å². The number of ketones is 1. The third-order valence-corrected chi connectivity index (χ3v) is 4.76. The lowest BCUT2D eigenvalue weighted by Gasteiger charge is -2.25. The number of Topliss-reactive ketones (excluding diaryl/α,β-unsaturated/α-hetero) is 1. The van der Waals surface area contributed by atoms with Crippen LogP contribution in [0.15, 0.2) is 0 Å². The highest BCUT2D eigenvalue weighted by Gasteiger charge is 2.24. The van der Waals surface area contributed by atoms with Gasteiger partial charge in [-0.1, -0.05) is 25.2 Å². The molecule has 0 spiro atoms. The molecule has 0 bridgehead atoms. The highest BCUT2D eigenvalue weighted by Crippen LogP contribution is 2.32. The van der Waals surface area contributed by atoms with Gasteiger partial charge >= 0.3 is 0 Å². The van der Waals surface area contributed by atoms with Crippen LogP contribution in [0.5, 0.6) is 0 Å². The van der Waals surface area contributed by atoms with Crippen LogP contribution in [0, 0.1) is 5.92 Å². The fraction of sp³-hybridized carbons (Fsp3) is 0.714. The molecule has 1 aromatic rings. The van der Waals surface area contributed by atoms with Crippen LogP contribution in [-0.4, -0.2) is 23.9 Å². The van der Waals surface area contributed by atoms with Gasteiger partial charge in [-0.15, -0.1) is 0 Å². The Balaban J connectivity index is 2.16. The predicted octanol–water partition coefficient (Wildman–Crippen LogP) is 3.53. The maximum atomic E-state index is 11.8. The second kappa shape index (κ2) is 5.39. The molecule has 1 aromatic heterocycles. The van der Waals surface area contributed by atoms with E-state index in [0.717, 1.165) is 35.0 Å². The summed E-state index contributed by atoms with van der Waals surface area (Å²) in [6, 6.07) is 0.465. The van der Waals surface area contributed by atoms with Crippen LogP contribution in [0.25, 0.3) is 0 Å². The first-order valence-corrected chi connectivity index (χ1v) is 7.56. The second-order valence-electron chi connectivity index (χ2n) is 5.64. The zero-order valence-corrected chi connectivity index (χ0v) is 12.5. The lowest BCUT2D eigenvalue weighted by molar-refractivity contribution is 0.0976. The topological polar surface area (TPSA) is 33.2 Å². The first-order chi connectivity index (χ1) is 8.49. The Bertz CT molecular complexity index is 439. The number of rotatable bonds is 4. The molecule has 0 saturated heterocycles. The maximum absolute atomic E-state index is 11.8. The van der Waals surface area contributed by atoms with Gasteiger partial charge in [-0.2, -0.15) is 0 Å². The number of aromatic nitrogens is 1. The molecule has 1 unspecified atom stereocenters. The summed E-state index contributed by atoms with van der Waals surface area (Å²) in [5.41, 5.74) is 1.02. The van der Waals surface area contributed by atoms with E-state index >= 15 is 0 Å². The molecule has 0 fully saturated rings. The standard InChI is InChI=1S/C14H22N2OS/c1-9(2)8-10(3)16(4)14-15-11-6-5-7-12(17)13(11)18-14/h9-10H,5-8H2,1-4H3. The molecule has 0 aliphatic heterocycles. The van der Waals surface area contributed by atoms with E-state index in [2.05, 4.69) is 37.7 Å². The van der Waals surface area contributed by atoms with Crippen LogP contribution in [0.3, 0.4) is 0 Å². The van der Waals surface area contributed by atoms with Crippen molar-refractivity contribution in [3.8, 4) is 0 Å². The monoisotopic (exact) mass is 266 g/mol. The van der Waals surface area contributed by atoms with Gasteiger partial charge in [-0.25, -0.2) is 4.98 Å². The number of carbonyl (C=O) groups is 1. The van der Waals surface area contributed by atoms with Crippen LogP contribution in [-0.2, 0) is 6.42 Å². The fourth-order valence-electron chi connectivity index (χ4n) is 2.44. The van der Waals surface area contributed by atoms with Crippen LogP contribution < -0.4 is 4.90 Å². The Kier molecular flexibility index (Phi) is 4.05. The predicted molar refractivity (Wildman–Crippen MR) is 76.7 cm³/mol. The minimum absolute atomic E-state index is 0.282. The molecule has 0 radical (unpaired) electrons. The van der Waals surface area contributed by atoms with E-state index in [1.807, 2.05) is 0 Å². The largest absolute Gasteiger partial charge is 0.348 e. The second-order valence-corrected chi connectivity index (χ2v) is 6.62. The summed E-state index contributed by atoms with van der Waals surface area (Å²) in [5, 5.41) is 1.00. The minimum atomic E-state index is 0.282. The number of aryl methyl sites for hydroxylation is 1. The molecule has 1 atom stereocenters. The number of anilines is 1. The number of carbonyl (C=O) groups excluding carboxylic acids is 1. The van der Waals surface area contributed by atoms with Crippen LogP contribution in [0.2, 0.25) is 0 Å². The van der Waals surface area contributed by atoms with Gasteiger partial charge in [-0.05, 0) is 32.1 Å². The number of hydrogen-bond donors (Lipinski definition) is 0. The van der Waals surface area contributed by atoms with Crippen LogP contribution >= 0.6 is 11.3 Å². The number of fused-ring (bicyclic) bond motifs is 1. The highest BCUT2D eigenvalue weighted by atomic mass is 32.1. The number of hydrogen-bond acceptors (Lipinski definition) is 4. The molecule has 0 saturated carbocycles. The average Bonchev–Trinajstić information content (AvgIpc) is 2.72. The van der Waals surface area contributed by atoms with E-state index < -0.39 is 0 Å². The van der Waals surface area contributed by atoms with Gasteiger partial charge in [0.2, 0.25) is 0 Å². The van der Waals surface area contributed by atoms with Crippen molar-refractivity contribution in [2.45, 2.75) is 52.5 Å². The van der Waals surface area contributed by atoms with Crippen molar-refractivity contribution in [1.82, 2.24) is 4.98 Å². The molecule has 3 nitrogen and oxygen atoms in total. The maximum Gasteiger partial charge on any atom is 0.186 e. The summed E-state index contributed by atoms with van der Waals surface area (Å²) < 4.78 is 0. The van der Waals surface area contributed by atoms with E-state index in [-0.39, 0.29) is 5.78 Å². The normalized spacial score (nSPS) is 16.8. The van der Waals surface area contributed by atoms with Crippen molar-refractivity contribution in [3.63, 3.8) is 0 Å². The average molecular weight is 266 g/mol. The Hall–Kier alpha value is -0.900. The molecule has 0 amide bonds. The third-order valence-electron chi connectivity index (χ3n) is 3.53. The molecular formula is C14H22N2OS. The number of nitrogens with zero attached hydrogens (tertiary/aromatic N) is 2. The molecule has 0 aromatic carbocycles. The van der Waals surface area contributed by atoms with Gasteiger partial charge < -0.3 is 4.90 Å².